The number of hydrogen-bond acceptors (Lipinski definition) is 6. The van der Waals surface area contributed by atoms with Gasteiger partial charge in [-0.25, -0.2) is 14.4 Å². The average molecular weight is 920 g/mol. The van der Waals surface area contributed by atoms with Crippen molar-refractivity contribution in [2.75, 3.05) is 5.32 Å². The minimum absolute atomic E-state index is 0.00793. The lowest BCUT2D eigenvalue weighted by Crippen LogP contribution is -2.66. The van der Waals surface area contributed by atoms with Crippen LogP contribution in [-0.4, -0.2) is 38.3 Å². The molecule has 0 radical (unpaired) electrons. The van der Waals surface area contributed by atoms with Crippen LogP contribution in [0, 0.1) is 58.6 Å². The highest BCUT2D eigenvalue weighted by Crippen LogP contribution is 2.73. The molecule has 11 atom stereocenters. The topological polar surface area (TPSA) is 84.4 Å². The van der Waals surface area contributed by atoms with Crippen molar-refractivity contribution in [2.45, 2.75) is 141 Å². The van der Waals surface area contributed by atoms with Crippen LogP contribution in [0.1, 0.15) is 146 Å². The first-order chi connectivity index (χ1) is 31.2. The summed E-state index contributed by atoms with van der Waals surface area (Å²) in [6, 6.07) is 22.0. The molecule has 4 aromatic rings. The van der Waals surface area contributed by atoms with E-state index in [0.29, 0.717) is 71.4 Å². The van der Waals surface area contributed by atoms with E-state index in [1.165, 1.54) is 44.7 Å². The zero-order chi connectivity index (χ0) is 45.6. The number of aromatic nitrogens is 2. The molecule has 0 bridgehead atoms. The number of nitrogens with one attached hydrogen (secondary N) is 1. The van der Waals surface area contributed by atoms with E-state index in [4.69, 9.17) is 27.9 Å². The van der Waals surface area contributed by atoms with Crippen LogP contribution < -0.4 is 5.32 Å². The number of amides is 1. The lowest BCUT2D eigenvalue weighted by Gasteiger charge is -2.64. The van der Waals surface area contributed by atoms with E-state index in [1.54, 1.807) is 18.3 Å². The fraction of sp³-hybridized carbons (Fsp3) is 0.564. The van der Waals surface area contributed by atoms with Crippen LogP contribution in [-0.2, 0) is 19.7 Å². The summed E-state index contributed by atoms with van der Waals surface area (Å²) in [6.45, 7) is 14.7. The highest BCUT2D eigenvalue weighted by molar-refractivity contribution is 6.30. The first-order valence-corrected chi connectivity index (χ1v) is 25.3. The molecule has 3 aliphatic heterocycles. The Kier molecular flexibility index (Phi) is 11.8. The van der Waals surface area contributed by atoms with Crippen molar-refractivity contribution in [1.82, 2.24) is 14.9 Å². The second-order valence-electron chi connectivity index (χ2n) is 21.9. The Hall–Kier alpha value is -3.85. The first-order valence-electron chi connectivity index (χ1n) is 24.6. The van der Waals surface area contributed by atoms with Crippen LogP contribution in [0.5, 0.6) is 0 Å². The monoisotopic (exact) mass is 918 g/mol. The summed E-state index contributed by atoms with van der Waals surface area (Å²) in [5, 5.41) is 3.23. The molecule has 2 spiro atoms. The van der Waals surface area contributed by atoms with Crippen LogP contribution in [0.15, 0.2) is 85.2 Å². The Morgan fingerprint density at radius 2 is 1.35 bits per heavy atom. The van der Waals surface area contributed by atoms with Crippen LogP contribution in [0.4, 0.5) is 10.1 Å². The van der Waals surface area contributed by atoms with Crippen LogP contribution in [0.3, 0.4) is 0 Å². The lowest BCUT2D eigenvalue weighted by atomic mass is 9.43. The van der Waals surface area contributed by atoms with Gasteiger partial charge in [0.2, 0.25) is 5.91 Å². The molecule has 10 heteroatoms. The predicted octanol–water partition coefficient (Wildman–Crippen LogP) is 13.3. The molecule has 10 rings (SSSR count). The molecule has 2 saturated heterocycles. The summed E-state index contributed by atoms with van der Waals surface area (Å²) < 4.78 is 24.0. The largest absolute Gasteiger partial charge is 0.454 e. The van der Waals surface area contributed by atoms with Gasteiger partial charge >= 0.3 is 5.97 Å². The van der Waals surface area contributed by atoms with Crippen molar-refractivity contribution in [1.29, 1.82) is 0 Å². The maximum atomic E-state index is 17.2. The molecule has 344 valence electrons. The van der Waals surface area contributed by atoms with Crippen LogP contribution in [0.25, 0.3) is 0 Å². The minimum Gasteiger partial charge on any atom is -0.454 e. The number of carbonyl (C=O) groups excluding carboxylic acids is 2. The molecule has 65 heavy (non-hydrogen) atoms. The number of carbonyl (C=O) groups is 2. The Labute approximate surface area is 395 Å². The van der Waals surface area contributed by atoms with E-state index < -0.39 is 46.8 Å². The molecule has 1 amide bonds. The van der Waals surface area contributed by atoms with Gasteiger partial charge in [0.15, 0.2) is 11.0 Å². The van der Waals surface area contributed by atoms with Crippen molar-refractivity contribution in [3.8, 4) is 0 Å². The fourth-order valence-corrected chi connectivity index (χ4v) is 16.0. The molecule has 2 aromatic heterocycles. The summed E-state index contributed by atoms with van der Waals surface area (Å²) in [4.78, 5) is 42.9. The van der Waals surface area contributed by atoms with Gasteiger partial charge in [-0.3, -0.25) is 14.5 Å². The predicted molar refractivity (Wildman–Crippen MR) is 255 cm³/mol. The number of benzene rings is 2. The average Bonchev–Trinajstić information content (AvgIpc) is 3.73. The normalized spacial score (nSPS) is 37.1. The van der Waals surface area contributed by atoms with Gasteiger partial charge in [0.05, 0.1) is 6.04 Å². The molecule has 1 N–H and O–H groups in total. The zero-order valence-electron chi connectivity index (χ0n) is 38.8. The third-order valence-electron chi connectivity index (χ3n) is 18.3. The molecular weight excluding hydrogens is 855 g/mol. The minimum atomic E-state index is -1.51. The summed E-state index contributed by atoms with van der Waals surface area (Å²) in [5.74, 6) is 1.99. The second kappa shape index (κ2) is 17.0. The Bertz CT molecular complexity index is 2390. The Balaban J connectivity index is 1.27. The van der Waals surface area contributed by atoms with E-state index in [1.807, 2.05) is 48.5 Å². The molecule has 3 saturated carbocycles. The Morgan fingerprint density at radius 3 is 1.94 bits per heavy atom. The van der Waals surface area contributed by atoms with Gasteiger partial charge in [-0.15, -0.1) is 0 Å². The standard InChI is InChI=1S/C55H65Cl2FN4O3/c1-31(2)37-19-17-33(5)27-40(37)53(41-28-34(6)18-20-38(41)32(3)4)22-24-54(25-23-53)55(42-30-60-44(56)29-43(42)61-52(55)64)45(39-21-26-59-50(57)46(39)58)48-51(63)65-49(36-15-11-8-12-16-36)47(62(48)54)35-13-9-7-10-14-35/h7-16,21,26,29-34,37-38,40-41,45,47-49H,17-20,22-25,27-28H2,1-6H3,(H,61,64)/t33?,34?,37?,38?,40?,41?,45-,47+,48+,49-,53?,54?,55-/m0/s1. The molecule has 3 aliphatic carbocycles. The maximum absolute atomic E-state index is 17.2. The lowest BCUT2D eigenvalue weighted by molar-refractivity contribution is -0.188. The number of ether oxygens (including phenoxy) is 1. The van der Waals surface area contributed by atoms with Crippen molar-refractivity contribution >= 4 is 40.8 Å². The van der Waals surface area contributed by atoms with Crippen LogP contribution in [0.2, 0.25) is 10.3 Å². The Morgan fingerprint density at radius 1 is 0.769 bits per heavy atom. The summed E-state index contributed by atoms with van der Waals surface area (Å²) in [6.07, 6.45) is 12.9. The number of cyclic esters (lactones) is 1. The number of morpholine rings is 1. The number of anilines is 1. The molecule has 7 nitrogen and oxygen atoms in total. The van der Waals surface area contributed by atoms with Gasteiger partial charge in [-0.1, -0.05) is 138 Å². The van der Waals surface area contributed by atoms with Crippen molar-refractivity contribution in [3.63, 3.8) is 0 Å². The number of pyridine rings is 2. The highest BCUT2D eigenvalue weighted by atomic mass is 35.5. The smallest absolute Gasteiger partial charge is 0.324 e. The van der Waals surface area contributed by atoms with Gasteiger partial charge in [-0.05, 0) is 133 Å². The van der Waals surface area contributed by atoms with Crippen molar-refractivity contribution in [3.05, 3.63) is 124 Å². The van der Waals surface area contributed by atoms with Crippen molar-refractivity contribution < 1.29 is 18.7 Å². The highest BCUT2D eigenvalue weighted by Gasteiger charge is 2.79. The second-order valence-corrected chi connectivity index (χ2v) is 22.6. The maximum Gasteiger partial charge on any atom is 0.324 e. The van der Waals surface area contributed by atoms with Gasteiger partial charge in [0.1, 0.15) is 22.7 Å². The van der Waals surface area contributed by atoms with E-state index in [0.717, 1.165) is 24.0 Å². The van der Waals surface area contributed by atoms with E-state index in [2.05, 4.69) is 73.9 Å². The molecule has 5 fully saturated rings. The summed E-state index contributed by atoms with van der Waals surface area (Å²) in [5.41, 5.74) is 0.654. The number of halogens is 3. The third-order valence-corrected chi connectivity index (χ3v) is 18.8. The van der Waals surface area contributed by atoms with E-state index in [9.17, 15) is 0 Å². The zero-order valence-corrected chi connectivity index (χ0v) is 40.3. The van der Waals surface area contributed by atoms with Crippen molar-refractivity contribution in [2.24, 2.45) is 52.8 Å². The number of nitrogens with zero attached hydrogens (tertiary/aromatic N) is 3. The van der Waals surface area contributed by atoms with Gasteiger partial charge < -0.3 is 10.1 Å². The third kappa shape index (κ3) is 6.86. The molecule has 2 aromatic carbocycles. The first kappa shape index (κ1) is 45.0. The number of rotatable bonds is 7. The molecule has 5 heterocycles. The molecule has 6 aliphatic rings. The summed E-state index contributed by atoms with van der Waals surface area (Å²) in [7, 11) is 0. The van der Waals surface area contributed by atoms with E-state index >= 15 is 14.0 Å². The van der Waals surface area contributed by atoms with Crippen LogP contribution >= 0.6 is 23.2 Å². The fourth-order valence-electron chi connectivity index (χ4n) is 15.7. The van der Waals surface area contributed by atoms with Gasteiger partial charge in [0, 0.05) is 35.1 Å². The van der Waals surface area contributed by atoms with Gasteiger partial charge in [-0.2, -0.15) is 0 Å². The molecular formula is C55H65Cl2FN4O3. The van der Waals surface area contributed by atoms with Gasteiger partial charge in [0.25, 0.3) is 0 Å². The van der Waals surface area contributed by atoms with E-state index in [-0.39, 0.29) is 27.2 Å². The summed E-state index contributed by atoms with van der Waals surface area (Å²) >= 11 is 13.3. The molecule has 6 unspecified atom stereocenters. The SMILES string of the molecule is CC1CCC(C(C)C)C(C2(C3CC(C)CCC3C(C)C)CCC3(CC2)N2[C@H](c4ccccc4)[C@H](c4ccccc4)OC(=O)[C@H]2[C@H](c2ccnc(Cl)c2F)[C@@]32C(=O)Nc3cc(Cl)ncc32)C1. The number of esters is 1. The number of fused-ring (bicyclic) bond motifs is 5. The quantitative estimate of drug-likeness (QED) is 0.147. The number of hydrogen-bond donors (Lipinski definition) is 1.